The number of non-ortho nitro benzene ring substituents is 1. The van der Waals surface area contributed by atoms with Gasteiger partial charge in [0, 0.05) is 12.1 Å². The van der Waals surface area contributed by atoms with E-state index in [1.807, 2.05) is 0 Å². The first-order valence-corrected chi connectivity index (χ1v) is 6.97. The predicted octanol–water partition coefficient (Wildman–Crippen LogP) is 3.32. The number of phosphoric ester groups is 1. The topological polar surface area (TPSA) is 134 Å². The van der Waals surface area contributed by atoms with Crippen LogP contribution in [0.5, 0.6) is 11.5 Å². The minimum Gasteiger partial charge on any atom is -0.395 e. The molecule has 0 saturated carbocycles. The minimum absolute atomic E-state index is 0. The summed E-state index contributed by atoms with van der Waals surface area (Å²) in [5, 5.41) is 10.5. The van der Waals surface area contributed by atoms with Crippen molar-refractivity contribution in [3.63, 3.8) is 0 Å². The standard InChI is InChI=1S/C12H10NO6P.H3N/c14-13(15)10-6-8-12(9-7-10)19-20(16,17)18-11-4-2-1-3-5-11;/h1-9H,(H,16,17);1H3. The number of nitro benzene ring substituents is 1. The van der Waals surface area contributed by atoms with Gasteiger partial charge in [-0.2, -0.15) is 0 Å². The van der Waals surface area contributed by atoms with E-state index in [2.05, 4.69) is 0 Å². The van der Waals surface area contributed by atoms with Crippen LogP contribution in [0, 0.1) is 10.1 Å². The van der Waals surface area contributed by atoms with Crippen LogP contribution in [0.3, 0.4) is 0 Å². The molecular formula is C12H13N2O6P. The second-order valence-electron chi connectivity index (χ2n) is 3.72. The molecule has 1 unspecified atom stereocenters. The molecule has 0 saturated heterocycles. The van der Waals surface area contributed by atoms with Gasteiger partial charge in [-0.05, 0) is 24.3 Å². The molecule has 1 atom stereocenters. The normalized spacial score (nSPS) is 12.6. The number of benzene rings is 2. The Bertz CT molecular complexity index is 647. The van der Waals surface area contributed by atoms with Gasteiger partial charge in [0.25, 0.3) is 5.69 Å². The van der Waals surface area contributed by atoms with Gasteiger partial charge in [-0.25, -0.2) is 4.57 Å². The average molecular weight is 312 g/mol. The molecule has 0 aliphatic rings. The summed E-state index contributed by atoms with van der Waals surface area (Å²) in [6.07, 6.45) is 0. The fourth-order valence-corrected chi connectivity index (χ4v) is 2.21. The molecule has 4 N–H and O–H groups in total. The van der Waals surface area contributed by atoms with Crippen molar-refractivity contribution < 1.29 is 23.4 Å². The van der Waals surface area contributed by atoms with Crippen LogP contribution in [0.4, 0.5) is 5.69 Å². The minimum atomic E-state index is -4.35. The zero-order chi connectivity index (χ0) is 14.6. The molecule has 0 radical (unpaired) electrons. The number of nitro groups is 1. The van der Waals surface area contributed by atoms with E-state index < -0.39 is 12.7 Å². The summed E-state index contributed by atoms with van der Waals surface area (Å²) in [4.78, 5) is 19.5. The Morgan fingerprint density at radius 2 is 1.43 bits per heavy atom. The van der Waals surface area contributed by atoms with Gasteiger partial charge in [0.05, 0.1) is 4.92 Å². The maximum atomic E-state index is 11.7. The van der Waals surface area contributed by atoms with Crippen molar-refractivity contribution in [2.45, 2.75) is 0 Å². The van der Waals surface area contributed by atoms with Crippen LogP contribution in [-0.2, 0) is 4.57 Å². The number of hydrogen-bond donors (Lipinski definition) is 2. The van der Waals surface area contributed by atoms with Crippen LogP contribution in [0.1, 0.15) is 0 Å². The van der Waals surface area contributed by atoms with Crippen molar-refractivity contribution >= 4 is 13.5 Å². The van der Waals surface area contributed by atoms with Crippen LogP contribution in [0.15, 0.2) is 54.6 Å². The zero-order valence-electron chi connectivity index (χ0n) is 10.8. The maximum Gasteiger partial charge on any atom is 0.584 e. The average Bonchev–Trinajstić information content (AvgIpc) is 2.39. The summed E-state index contributed by atoms with van der Waals surface area (Å²) in [5.41, 5.74) is -0.144. The molecular weight excluding hydrogens is 299 g/mol. The maximum absolute atomic E-state index is 11.7. The SMILES string of the molecule is N.O=[N+]([O-])c1ccc(OP(=O)(O)Oc2ccccc2)cc1. The summed E-state index contributed by atoms with van der Waals surface area (Å²) in [6.45, 7) is 0. The molecule has 2 aromatic rings. The molecule has 0 fully saturated rings. The Labute approximate surface area is 120 Å². The van der Waals surface area contributed by atoms with E-state index in [4.69, 9.17) is 9.05 Å². The third kappa shape index (κ3) is 4.88. The Kier molecular flexibility index (Phi) is 5.43. The van der Waals surface area contributed by atoms with Gasteiger partial charge < -0.3 is 15.2 Å². The molecule has 0 aliphatic heterocycles. The van der Waals surface area contributed by atoms with Crippen LogP contribution in [-0.4, -0.2) is 9.82 Å². The molecule has 0 aromatic heterocycles. The fourth-order valence-electron chi connectivity index (χ4n) is 1.40. The monoisotopic (exact) mass is 312 g/mol. The first-order valence-electron chi connectivity index (χ1n) is 5.48. The molecule has 0 spiro atoms. The third-order valence-corrected chi connectivity index (χ3v) is 3.12. The molecule has 21 heavy (non-hydrogen) atoms. The highest BCUT2D eigenvalue weighted by atomic mass is 31.2. The van der Waals surface area contributed by atoms with Crippen molar-refractivity contribution in [2.75, 3.05) is 0 Å². The molecule has 2 rings (SSSR count). The second kappa shape index (κ2) is 6.85. The number of hydrogen-bond acceptors (Lipinski definition) is 6. The van der Waals surface area contributed by atoms with Gasteiger partial charge in [0.15, 0.2) is 0 Å². The lowest BCUT2D eigenvalue weighted by atomic mass is 10.3. The Morgan fingerprint density at radius 1 is 0.952 bits per heavy atom. The van der Waals surface area contributed by atoms with Crippen LogP contribution in [0.2, 0.25) is 0 Å². The summed E-state index contributed by atoms with van der Waals surface area (Å²) in [7, 11) is -4.35. The second-order valence-corrected chi connectivity index (χ2v) is 5.02. The number of nitrogens with zero attached hydrogens (tertiary/aromatic N) is 1. The number of rotatable bonds is 5. The fraction of sp³-hybridized carbons (Fsp3) is 0. The van der Waals surface area contributed by atoms with E-state index in [1.165, 1.54) is 24.3 Å². The molecule has 112 valence electrons. The Balaban J connectivity index is 0.00000220. The number of phosphoric acid groups is 1. The van der Waals surface area contributed by atoms with E-state index >= 15 is 0 Å². The van der Waals surface area contributed by atoms with E-state index in [0.29, 0.717) is 0 Å². The predicted molar refractivity (Wildman–Crippen MR) is 75.6 cm³/mol. The van der Waals surface area contributed by atoms with Gasteiger partial charge >= 0.3 is 7.82 Å². The summed E-state index contributed by atoms with van der Waals surface area (Å²) >= 11 is 0. The summed E-state index contributed by atoms with van der Waals surface area (Å²) in [5.74, 6) is 0.178. The largest absolute Gasteiger partial charge is 0.584 e. The van der Waals surface area contributed by atoms with E-state index in [1.54, 1.807) is 18.2 Å². The van der Waals surface area contributed by atoms with Gasteiger partial charge in [-0.3, -0.25) is 15.0 Å². The van der Waals surface area contributed by atoms with Gasteiger partial charge in [0.2, 0.25) is 0 Å². The first kappa shape index (κ1) is 16.6. The number of para-hydroxylation sites is 1. The molecule has 9 heteroatoms. The molecule has 0 bridgehead atoms. The van der Waals surface area contributed by atoms with E-state index in [-0.39, 0.29) is 23.3 Å². The Morgan fingerprint density at radius 3 is 1.90 bits per heavy atom. The first-order chi connectivity index (χ1) is 9.46. The molecule has 0 heterocycles. The highest BCUT2D eigenvalue weighted by Gasteiger charge is 2.25. The highest BCUT2D eigenvalue weighted by molar-refractivity contribution is 7.48. The smallest absolute Gasteiger partial charge is 0.395 e. The van der Waals surface area contributed by atoms with Gasteiger partial charge in [0.1, 0.15) is 11.5 Å². The lowest BCUT2D eigenvalue weighted by Crippen LogP contribution is -1.99. The molecule has 8 nitrogen and oxygen atoms in total. The highest BCUT2D eigenvalue weighted by Crippen LogP contribution is 2.44. The quantitative estimate of drug-likeness (QED) is 0.491. The lowest BCUT2D eigenvalue weighted by Gasteiger charge is -2.13. The van der Waals surface area contributed by atoms with E-state index in [0.717, 1.165) is 12.1 Å². The van der Waals surface area contributed by atoms with Crippen molar-refractivity contribution in [3.05, 3.63) is 64.7 Å². The third-order valence-electron chi connectivity index (χ3n) is 2.23. The van der Waals surface area contributed by atoms with Crippen molar-refractivity contribution in [3.8, 4) is 11.5 Å². The van der Waals surface area contributed by atoms with Crippen LogP contribution < -0.4 is 15.2 Å². The van der Waals surface area contributed by atoms with Crippen molar-refractivity contribution in [2.24, 2.45) is 0 Å². The van der Waals surface area contributed by atoms with Gasteiger partial charge in [-0.15, -0.1) is 0 Å². The van der Waals surface area contributed by atoms with Crippen molar-refractivity contribution in [1.82, 2.24) is 6.15 Å². The van der Waals surface area contributed by atoms with Crippen LogP contribution in [0.25, 0.3) is 0 Å². The summed E-state index contributed by atoms with van der Waals surface area (Å²) < 4.78 is 21.4. The summed E-state index contributed by atoms with van der Waals surface area (Å²) in [6, 6.07) is 12.8. The molecule has 2 aromatic carbocycles. The van der Waals surface area contributed by atoms with Crippen molar-refractivity contribution in [1.29, 1.82) is 0 Å². The van der Waals surface area contributed by atoms with Gasteiger partial charge in [-0.1, -0.05) is 18.2 Å². The molecule has 0 amide bonds. The zero-order valence-corrected chi connectivity index (χ0v) is 11.7. The molecule has 0 aliphatic carbocycles. The van der Waals surface area contributed by atoms with E-state index in [9.17, 15) is 19.6 Å². The lowest BCUT2D eigenvalue weighted by molar-refractivity contribution is -0.384. The Hall–Kier alpha value is -2.41. The van der Waals surface area contributed by atoms with Crippen LogP contribution >= 0.6 is 7.82 Å².